The van der Waals surface area contributed by atoms with Crippen LogP contribution in [0.1, 0.15) is 11.7 Å². The van der Waals surface area contributed by atoms with E-state index in [0.717, 1.165) is 5.56 Å². The van der Waals surface area contributed by atoms with Crippen LogP contribution in [0.2, 0.25) is 0 Å². The van der Waals surface area contributed by atoms with Crippen LogP contribution >= 0.6 is 0 Å². The minimum absolute atomic E-state index is 0.355. The number of rotatable bonds is 4. The molecule has 88 valence electrons. The summed E-state index contributed by atoms with van der Waals surface area (Å²) in [6.45, 7) is 0.355. The van der Waals surface area contributed by atoms with Crippen LogP contribution in [-0.2, 0) is 0 Å². The van der Waals surface area contributed by atoms with Crippen LogP contribution < -0.4 is 11.1 Å². The molecular weight excluding hydrogens is 216 g/mol. The number of hydrogen-bond donors (Lipinski definition) is 3. The van der Waals surface area contributed by atoms with Gasteiger partial charge in [0.05, 0.1) is 24.2 Å². The molecule has 1 aromatic carbocycles. The second kappa shape index (κ2) is 5.27. The van der Waals surface area contributed by atoms with Crippen LogP contribution in [0.25, 0.3) is 0 Å². The van der Waals surface area contributed by atoms with Gasteiger partial charge < -0.3 is 16.2 Å². The number of aliphatic hydroxyl groups is 1. The third-order valence-corrected chi connectivity index (χ3v) is 2.31. The maximum Gasteiger partial charge on any atom is 0.222 e. The van der Waals surface area contributed by atoms with Crippen molar-refractivity contribution in [1.29, 1.82) is 0 Å². The van der Waals surface area contributed by atoms with E-state index in [9.17, 15) is 5.11 Å². The van der Waals surface area contributed by atoms with Crippen LogP contribution in [0.4, 0.5) is 11.6 Å². The fourth-order valence-corrected chi connectivity index (χ4v) is 1.41. The molecule has 17 heavy (non-hydrogen) atoms. The third kappa shape index (κ3) is 3.15. The van der Waals surface area contributed by atoms with Gasteiger partial charge in [-0.15, -0.1) is 0 Å². The van der Waals surface area contributed by atoms with Crippen LogP contribution in [0.5, 0.6) is 0 Å². The fourth-order valence-electron chi connectivity index (χ4n) is 1.41. The zero-order chi connectivity index (χ0) is 12.1. The Hall–Kier alpha value is -2.14. The van der Waals surface area contributed by atoms with Gasteiger partial charge in [0.25, 0.3) is 0 Å². The topological polar surface area (TPSA) is 84.1 Å². The summed E-state index contributed by atoms with van der Waals surface area (Å²) in [6.07, 6.45) is 2.45. The quantitative estimate of drug-likeness (QED) is 0.735. The number of hydrogen-bond acceptors (Lipinski definition) is 5. The molecule has 1 heterocycles. The molecule has 0 aliphatic rings. The van der Waals surface area contributed by atoms with Crippen LogP contribution in [0, 0.1) is 0 Å². The Balaban J connectivity index is 1.92. The molecule has 0 fully saturated rings. The Morgan fingerprint density at radius 2 is 1.82 bits per heavy atom. The molecule has 0 spiro atoms. The average molecular weight is 230 g/mol. The lowest BCUT2D eigenvalue weighted by Gasteiger charge is -2.11. The van der Waals surface area contributed by atoms with Crippen molar-refractivity contribution >= 4 is 11.6 Å². The van der Waals surface area contributed by atoms with Gasteiger partial charge in [0.2, 0.25) is 5.95 Å². The van der Waals surface area contributed by atoms with E-state index in [1.54, 1.807) is 0 Å². The van der Waals surface area contributed by atoms with Crippen LogP contribution in [0.15, 0.2) is 42.7 Å². The van der Waals surface area contributed by atoms with Gasteiger partial charge in [-0.2, -0.15) is 0 Å². The number of benzene rings is 1. The lowest BCUT2D eigenvalue weighted by Crippen LogP contribution is -2.13. The maximum absolute atomic E-state index is 9.89. The highest BCUT2D eigenvalue weighted by molar-refractivity contribution is 5.36. The largest absolute Gasteiger partial charge is 0.396 e. The molecule has 0 aliphatic carbocycles. The minimum Gasteiger partial charge on any atom is -0.396 e. The van der Waals surface area contributed by atoms with Crippen molar-refractivity contribution in [3.05, 3.63) is 48.3 Å². The maximum atomic E-state index is 9.89. The molecule has 4 N–H and O–H groups in total. The summed E-state index contributed by atoms with van der Waals surface area (Å²) in [7, 11) is 0. The first-order chi connectivity index (χ1) is 8.25. The molecule has 1 atom stereocenters. The van der Waals surface area contributed by atoms with Crippen LogP contribution in [0.3, 0.4) is 0 Å². The van der Waals surface area contributed by atoms with E-state index in [0.29, 0.717) is 18.2 Å². The number of nitrogens with two attached hydrogens (primary N) is 1. The number of nitrogens with zero attached hydrogens (tertiary/aromatic N) is 2. The Morgan fingerprint density at radius 1 is 1.18 bits per heavy atom. The van der Waals surface area contributed by atoms with Crippen molar-refractivity contribution in [2.45, 2.75) is 6.10 Å². The predicted molar refractivity (Wildman–Crippen MR) is 66.3 cm³/mol. The van der Waals surface area contributed by atoms with E-state index >= 15 is 0 Å². The van der Waals surface area contributed by atoms with Gasteiger partial charge in [0.15, 0.2) is 0 Å². The van der Waals surface area contributed by atoms with Crippen molar-refractivity contribution < 1.29 is 5.11 Å². The molecule has 5 nitrogen and oxygen atoms in total. The zero-order valence-electron chi connectivity index (χ0n) is 9.24. The van der Waals surface area contributed by atoms with Gasteiger partial charge in [-0.1, -0.05) is 30.3 Å². The SMILES string of the molecule is Nc1cnc(NCC(O)c2ccccc2)nc1. The van der Waals surface area contributed by atoms with Gasteiger partial charge in [-0.3, -0.25) is 0 Å². The Morgan fingerprint density at radius 3 is 2.47 bits per heavy atom. The summed E-state index contributed by atoms with van der Waals surface area (Å²) >= 11 is 0. The van der Waals surface area contributed by atoms with Gasteiger partial charge >= 0.3 is 0 Å². The van der Waals surface area contributed by atoms with E-state index in [1.807, 2.05) is 30.3 Å². The van der Waals surface area contributed by atoms with E-state index in [2.05, 4.69) is 15.3 Å². The van der Waals surface area contributed by atoms with Crippen molar-refractivity contribution in [3.8, 4) is 0 Å². The number of nitrogen functional groups attached to an aromatic ring is 1. The highest BCUT2D eigenvalue weighted by Crippen LogP contribution is 2.12. The van der Waals surface area contributed by atoms with Crippen molar-refractivity contribution in [3.63, 3.8) is 0 Å². The number of aliphatic hydroxyl groups excluding tert-OH is 1. The molecule has 0 radical (unpaired) electrons. The molecule has 0 saturated heterocycles. The Kier molecular flexibility index (Phi) is 3.52. The molecule has 2 aromatic rings. The lowest BCUT2D eigenvalue weighted by molar-refractivity contribution is 0.191. The molecule has 5 heteroatoms. The predicted octanol–water partition coefficient (Wildman–Crippen LogP) is 1.20. The van der Waals surface area contributed by atoms with Crippen molar-refractivity contribution in [2.24, 2.45) is 0 Å². The number of anilines is 2. The molecule has 1 aromatic heterocycles. The smallest absolute Gasteiger partial charge is 0.222 e. The van der Waals surface area contributed by atoms with E-state index in [1.165, 1.54) is 12.4 Å². The third-order valence-electron chi connectivity index (χ3n) is 2.31. The molecule has 0 aliphatic heterocycles. The van der Waals surface area contributed by atoms with E-state index < -0.39 is 6.10 Å². The summed E-state index contributed by atoms with van der Waals surface area (Å²) in [5.41, 5.74) is 6.84. The van der Waals surface area contributed by atoms with E-state index in [4.69, 9.17) is 5.73 Å². The zero-order valence-corrected chi connectivity index (χ0v) is 9.24. The highest BCUT2D eigenvalue weighted by atomic mass is 16.3. The Labute approximate surface area is 99.3 Å². The summed E-state index contributed by atoms with van der Waals surface area (Å²) in [4.78, 5) is 7.97. The van der Waals surface area contributed by atoms with Crippen molar-refractivity contribution in [1.82, 2.24) is 9.97 Å². The van der Waals surface area contributed by atoms with Crippen molar-refractivity contribution in [2.75, 3.05) is 17.6 Å². The average Bonchev–Trinajstić information content (AvgIpc) is 2.39. The van der Waals surface area contributed by atoms with E-state index in [-0.39, 0.29) is 0 Å². The molecule has 0 amide bonds. The second-order valence-electron chi connectivity index (χ2n) is 3.65. The second-order valence-corrected chi connectivity index (χ2v) is 3.65. The standard InChI is InChI=1S/C12H14N4O/c13-10-6-14-12(15-7-10)16-8-11(17)9-4-2-1-3-5-9/h1-7,11,17H,8,13H2,(H,14,15,16). The molecular formula is C12H14N4O. The van der Waals surface area contributed by atoms with Gasteiger partial charge in [-0.25, -0.2) is 9.97 Å². The molecule has 0 bridgehead atoms. The highest BCUT2D eigenvalue weighted by Gasteiger charge is 2.06. The lowest BCUT2D eigenvalue weighted by atomic mass is 10.1. The first kappa shape index (κ1) is 11.3. The number of aromatic nitrogens is 2. The Bertz CT molecular complexity index is 458. The number of nitrogens with one attached hydrogen (secondary N) is 1. The van der Waals surface area contributed by atoms with Gasteiger partial charge in [0, 0.05) is 6.54 Å². The normalized spacial score (nSPS) is 12.1. The van der Waals surface area contributed by atoms with Gasteiger partial charge in [-0.05, 0) is 5.56 Å². The monoisotopic (exact) mass is 230 g/mol. The van der Waals surface area contributed by atoms with Gasteiger partial charge in [0.1, 0.15) is 0 Å². The molecule has 0 saturated carbocycles. The first-order valence-electron chi connectivity index (χ1n) is 5.30. The van der Waals surface area contributed by atoms with Crippen LogP contribution in [-0.4, -0.2) is 21.6 Å². The summed E-state index contributed by atoms with van der Waals surface area (Å²) in [5, 5.41) is 12.8. The first-order valence-corrected chi connectivity index (χ1v) is 5.30. The minimum atomic E-state index is -0.586. The molecule has 2 rings (SSSR count). The summed E-state index contributed by atoms with van der Waals surface area (Å²) in [5.74, 6) is 0.453. The fraction of sp³-hybridized carbons (Fsp3) is 0.167. The summed E-state index contributed by atoms with van der Waals surface area (Å²) < 4.78 is 0. The summed E-state index contributed by atoms with van der Waals surface area (Å²) in [6, 6.07) is 9.43. The molecule has 1 unspecified atom stereocenters.